The molecule has 0 amide bonds. The number of hydrogen-bond acceptors (Lipinski definition) is 26. The summed E-state index contributed by atoms with van der Waals surface area (Å²) in [7, 11) is 0. The largest absolute Gasteiger partial charge is 0.507 e. The van der Waals surface area contributed by atoms with Gasteiger partial charge in [0.15, 0.2) is 12.6 Å². The molecule has 4 heterocycles. The monoisotopic (exact) mass is 1060 g/mol. The van der Waals surface area contributed by atoms with Crippen LogP contribution in [0.1, 0.15) is 22.3 Å². The van der Waals surface area contributed by atoms with Crippen LogP contribution in [0.4, 0.5) is 11.4 Å². The lowest BCUT2D eigenvalue weighted by Gasteiger charge is -2.46. The molecule has 26 heteroatoms. The fourth-order valence-electron chi connectivity index (χ4n) is 8.30. The predicted octanol–water partition coefficient (Wildman–Crippen LogP) is -3.69. The summed E-state index contributed by atoms with van der Waals surface area (Å²) >= 11 is 2.13. The van der Waals surface area contributed by atoms with E-state index in [1.54, 1.807) is 48.5 Å². The van der Waals surface area contributed by atoms with Crippen molar-refractivity contribution in [2.45, 2.75) is 133 Å². The summed E-state index contributed by atoms with van der Waals surface area (Å²) in [6.45, 7) is -2.83. The molecular weight excluding hydrogens is 997 g/mol. The number of rotatable bonds is 18. The highest BCUT2D eigenvalue weighted by Gasteiger charge is 2.52. The lowest BCUT2D eigenvalue weighted by Crippen LogP contribution is -2.64. The number of aliphatic hydroxyl groups is 14. The molecule has 0 radical (unpaired) electrons. The van der Waals surface area contributed by atoms with Gasteiger partial charge in [-0.2, -0.15) is 0 Å². The number of aliphatic imine (C=N–C) groups is 2. The van der Waals surface area contributed by atoms with Gasteiger partial charge >= 0.3 is 0 Å². The van der Waals surface area contributed by atoms with Gasteiger partial charge < -0.3 is 110 Å². The van der Waals surface area contributed by atoms with Gasteiger partial charge in [0.05, 0.1) is 37.8 Å². The van der Waals surface area contributed by atoms with Gasteiger partial charge in [0.1, 0.15) is 120 Å². The lowest BCUT2D eigenvalue weighted by molar-refractivity contribution is -0.338. The summed E-state index contributed by atoms with van der Waals surface area (Å²) < 4.78 is 33.7. The van der Waals surface area contributed by atoms with Crippen LogP contribution in [0, 0.1) is 0 Å². The molecule has 20 atom stereocenters. The van der Waals surface area contributed by atoms with Gasteiger partial charge in [0.25, 0.3) is 0 Å². The third-order valence-corrected chi connectivity index (χ3v) is 14.9. The van der Waals surface area contributed by atoms with Gasteiger partial charge in [-0.05, 0) is 47.5 Å². The van der Waals surface area contributed by atoms with E-state index in [9.17, 15) is 81.7 Å². The van der Waals surface area contributed by atoms with Gasteiger partial charge in [0, 0.05) is 35.1 Å². The van der Waals surface area contributed by atoms with Crippen LogP contribution in [0.15, 0.2) is 70.6 Å². The van der Waals surface area contributed by atoms with Crippen molar-refractivity contribution in [2.24, 2.45) is 9.98 Å². The molecule has 0 saturated carbocycles. The van der Waals surface area contributed by atoms with Crippen LogP contribution in [0.25, 0.3) is 0 Å². The fourth-order valence-corrected chi connectivity index (χ4v) is 10.5. The van der Waals surface area contributed by atoms with Crippen molar-refractivity contribution >= 4 is 47.3 Å². The average Bonchev–Trinajstić information content (AvgIpc) is 3.38. The minimum absolute atomic E-state index is 0.111. The van der Waals surface area contributed by atoms with E-state index in [-0.39, 0.29) is 23.0 Å². The molecule has 3 aromatic rings. The molecule has 72 heavy (non-hydrogen) atoms. The first kappa shape index (κ1) is 56.2. The van der Waals surface area contributed by atoms with E-state index in [2.05, 4.69) is 9.98 Å². The van der Waals surface area contributed by atoms with Gasteiger partial charge in [-0.1, -0.05) is 24.3 Å². The Morgan fingerprint density at radius 1 is 0.444 bits per heavy atom. The van der Waals surface area contributed by atoms with Crippen LogP contribution in [0.5, 0.6) is 11.5 Å². The van der Waals surface area contributed by atoms with E-state index in [0.29, 0.717) is 33.6 Å². The second kappa shape index (κ2) is 25.4. The molecule has 0 bridgehead atoms. The lowest BCUT2D eigenvalue weighted by atomic mass is 9.97. The van der Waals surface area contributed by atoms with E-state index in [1.807, 2.05) is 0 Å². The Morgan fingerprint density at radius 2 is 0.819 bits per heavy atom. The molecular formula is C46H60N2O22S2. The molecule has 4 saturated heterocycles. The molecule has 0 spiro atoms. The van der Waals surface area contributed by atoms with Gasteiger partial charge in [-0.3, -0.25) is 9.98 Å². The minimum atomic E-state index is -1.80. The number of thioether (sulfide) groups is 2. The Balaban J connectivity index is 0.953. The van der Waals surface area contributed by atoms with Crippen molar-refractivity contribution in [3.05, 3.63) is 82.9 Å². The molecule has 0 unspecified atom stereocenters. The quantitative estimate of drug-likeness (QED) is 0.0546. The second-order valence-corrected chi connectivity index (χ2v) is 19.6. The third kappa shape index (κ3) is 12.8. The van der Waals surface area contributed by atoms with Crippen LogP contribution in [-0.2, 0) is 39.9 Å². The molecule has 4 aliphatic rings. The van der Waals surface area contributed by atoms with Crippen molar-refractivity contribution in [3.8, 4) is 11.5 Å². The van der Waals surface area contributed by atoms with E-state index < -0.39 is 148 Å². The first-order valence-electron chi connectivity index (χ1n) is 22.7. The number of benzene rings is 3. The van der Waals surface area contributed by atoms with E-state index in [0.717, 1.165) is 23.5 Å². The first-order chi connectivity index (χ1) is 34.5. The summed E-state index contributed by atoms with van der Waals surface area (Å²) in [5.41, 5.74) is 0.479. The summed E-state index contributed by atoms with van der Waals surface area (Å²) in [4.78, 5) is 9.10. The average molecular weight is 1060 g/mol. The number of ether oxygens (including phenoxy) is 6. The number of phenolic OH excluding ortho intramolecular Hbond substituents is 2. The highest BCUT2D eigenvalue weighted by molar-refractivity contribution is 7.99. The van der Waals surface area contributed by atoms with Crippen LogP contribution >= 0.6 is 23.5 Å². The molecule has 24 nitrogen and oxygen atoms in total. The van der Waals surface area contributed by atoms with Crippen molar-refractivity contribution in [2.75, 3.05) is 26.4 Å². The Hall–Kier alpha value is -3.50. The molecule has 0 aliphatic carbocycles. The second-order valence-electron chi connectivity index (χ2n) is 17.4. The first-order valence-corrected chi connectivity index (χ1v) is 24.8. The fraction of sp³-hybridized carbons (Fsp3) is 0.565. The van der Waals surface area contributed by atoms with Crippen LogP contribution < -0.4 is 0 Å². The summed E-state index contributed by atoms with van der Waals surface area (Å²) in [6.07, 6.45) is -25.4. The smallest absolute Gasteiger partial charge is 0.187 e. The molecule has 0 aromatic heterocycles. The van der Waals surface area contributed by atoms with Crippen molar-refractivity contribution in [1.82, 2.24) is 0 Å². The van der Waals surface area contributed by atoms with E-state index in [4.69, 9.17) is 28.4 Å². The molecule has 4 fully saturated rings. The Labute approximate surface area is 419 Å². The SMILES string of the molecule is OC[C@H]1O[C@@H](O[C@H]2[C@H](O)[C@@H](O)[C@H](SCc3ccc(O)c(C=Nc4ccccc4N=Cc4cc(CS[C@@H]5O[C@H](CO)[C@@H](O[C@@H]6O[C@H](CO)[C@H](O)[C@H](O)[C@H]6O)[C@H](O)[C@H]5O)ccc4O)c3)O[C@@H]2CO)[C@H](O)[C@@H](O)[C@H]1O. The zero-order valence-electron chi connectivity index (χ0n) is 38.0. The number of nitrogens with zero attached hydrogens (tertiary/aromatic N) is 2. The van der Waals surface area contributed by atoms with Gasteiger partial charge in [-0.25, -0.2) is 0 Å². The Kier molecular flexibility index (Phi) is 19.8. The molecule has 3 aromatic carbocycles. The highest BCUT2D eigenvalue weighted by atomic mass is 32.2. The zero-order chi connectivity index (χ0) is 52.0. The van der Waals surface area contributed by atoms with Crippen molar-refractivity contribution < 1.29 is 110 Å². The van der Waals surface area contributed by atoms with Crippen molar-refractivity contribution in [1.29, 1.82) is 0 Å². The maximum atomic E-state index is 11.0. The number of aromatic hydroxyl groups is 2. The normalized spacial score (nSPS) is 37.6. The molecule has 16 N–H and O–H groups in total. The minimum Gasteiger partial charge on any atom is -0.507 e. The maximum Gasteiger partial charge on any atom is 0.187 e. The third-order valence-electron chi connectivity index (χ3n) is 12.5. The maximum absolute atomic E-state index is 11.0. The molecule has 4 aliphatic heterocycles. The van der Waals surface area contributed by atoms with Crippen molar-refractivity contribution in [3.63, 3.8) is 0 Å². The Bertz CT molecular complexity index is 2130. The predicted molar refractivity (Wildman–Crippen MR) is 253 cm³/mol. The highest BCUT2D eigenvalue weighted by Crippen LogP contribution is 2.37. The topological polar surface area (TPSA) is 404 Å². The van der Waals surface area contributed by atoms with Gasteiger partial charge in [0.2, 0.25) is 0 Å². The molecule has 7 rings (SSSR count). The summed E-state index contributed by atoms with van der Waals surface area (Å²) in [6, 6.07) is 16.2. The van der Waals surface area contributed by atoms with E-state index >= 15 is 0 Å². The standard InChI is InChI=1S/C46H60N2O22S2/c49-13-27-31(55)33(57)37(61)43(65-27)69-41-29(15-51)67-45(39(63)35(41)59)71-17-19-5-7-25(53)21(9-19)11-47-23-3-1-2-4-24(23)48-12-22-10-20(6-8-26(22)54)18-72-46-40(64)36(60)42(30(16-52)68-46)70-44-38(62)34(58)32(56)28(14-50)66-44/h1-12,27-46,49-64H,13-18H2/t27-,28-,29-,30-,31+,32+,33+,34+,35-,36-,37-,38-,39-,40-,41-,42-,43+,44+,45+,46+/m1/s1. The zero-order valence-corrected chi connectivity index (χ0v) is 39.7. The van der Waals surface area contributed by atoms with Crippen LogP contribution in [0.2, 0.25) is 0 Å². The number of phenols is 2. The number of hydrogen-bond donors (Lipinski definition) is 16. The summed E-state index contributed by atoms with van der Waals surface area (Å²) in [5, 5.41) is 166. The number of aliphatic hydroxyl groups excluding tert-OH is 14. The molecule has 398 valence electrons. The van der Waals surface area contributed by atoms with Crippen LogP contribution in [-0.4, -0.2) is 242 Å². The Morgan fingerprint density at radius 3 is 1.18 bits per heavy atom. The summed E-state index contributed by atoms with van der Waals surface area (Å²) in [5.74, 6) is 0.133. The van der Waals surface area contributed by atoms with Crippen LogP contribution in [0.3, 0.4) is 0 Å². The van der Waals surface area contributed by atoms with E-state index in [1.165, 1.54) is 24.6 Å². The number of para-hydroxylation sites is 2. The van der Waals surface area contributed by atoms with Gasteiger partial charge in [-0.15, -0.1) is 23.5 Å².